The smallest absolute Gasteiger partial charge is 0.273 e. The summed E-state index contributed by atoms with van der Waals surface area (Å²) in [5.74, 6) is 0.610. The molecule has 7 nitrogen and oxygen atoms in total. The van der Waals surface area contributed by atoms with Crippen molar-refractivity contribution in [2.24, 2.45) is 0 Å². The maximum absolute atomic E-state index is 13.0. The molecular formula is C24H27N3O4. The molecule has 7 heteroatoms. The normalized spacial score (nSPS) is 10.5. The second-order valence-electron chi connectivity index (χ2n) is 7.31. The van der Waals surface area contributed by atoms with Crippen LogP contribution in [0.3, 0.4) is 0 Å². The molecule has 2 amide bonds. The Balaban J connectivity index is 1.64. The first-order valence-corrected chi connectivity index (χ1v) is 10.2. The van der Waals surface area contributed by atoms with Gasteiger partial charge in [0.2, 0.25) is 0 Å². The molecule has 0 aliphatic carbocycles. The van der Waals surface area contributed by atoms with Crippen LogP contribution in [0.15, 0.2) is 59.1 Å². The Labute approximate surface area is 182 Å². The summed E-state index contributed by atoms with van der Waals surface area (Å²) in [6, 6.07) is 16.5. The third-order valence-electron chi connectivity index (χ3n) is 4.81. The number of hydrogen-bond donors (Lipinski definition) is 1. The lowest BCUT2D eigenvalue weighted by molar-refractivity contribution is 0.0726. The zero-order chi connectivity index (χ0) is 22.2. The van der Waals surface area contributed by atoms with E-state index in [1.807, 2.05) is 38.1 Å². The van der Waals surface area contributed by atoms with Gasteiger partial charge in [-0.3, -0.25) is 9.59 Å². The monoisotopic (exact) mass is 421 g/mol. The zero-order valence-electron chi connectivity index (χ0n) is 18.1. The van der Waals surface area contributed by atoms with Gasteiger partial charge in [-0.05, 0) is 37.1 Å². The van der Waals surface area contributed by atoms with E-state index in [0.29, 0.717) is 30.2 Å². The van der Waals surface area contributed by atoms with Crippen molar-refractivity contribution in [2.75, 3.05) is 13.7 Å². The van der Waals surface area contributed by atoms with Crippen LogP contribution in [0.2, 0.25) is 0 Å². The molecule has 0 saturated heterocycles. The molecule has 0 unspecified atom stereocenters. The molecule has 1 heterocycles. The van der Waals surface area contributed by atoms with Crippen molar-refractivity contribution in [3.05, 3.63) is 82.7 Å². The number of nitrogens with zero attached hydrogens (tertiary/aromatic N) is 2. The van der Waals surface area contributed by atoms with Crippen molar-refractivity contribution in [1.29, 1.82) is 0 Å². The van der Waals surface area contributed by atoms with E-state index >= 15 is 0 Å². The number of ether oxygens (including phenoxy) is 1. The summed E-state index contributed by atoms with van der Waals surface area (Å²) in [5, 5.41) is 6.70. The molecule has 162 valence electrons. The molecule has 0 aliphatic heterocycles. The summed E-state index contributed by atoms with van der Waals surface area (Å²) in [4.78, 5) is 27.0. The molecule has 1 aromatic heterocycles. The van der Waals surface area contributed by atoms with E-state index in [1.165, 1.54) is 0 Å². The molecule has 0 aliphatic rings. The summed E-state index contributed by atoms with van der Waals surface area (Å²) in [7, 11) is 1.56. The molecule has 2 aromatic carbocycles. The molecule has 0 radical (unpaired) electrons. The Bertz CT molecular complexity index is 1030. The van der Waals surface area contributed by atoms with Crippen molar-refractivity contribution in [1.82, 2.24) is 15.4 Å². The van der Waals surface area contributed by atoms with E-state index in [4.69, 9.17) is 9.26 Å². The first kappa shape index (κ1) is 22.1. The Kier molecular flexibility index (Phi) is 7.43. The van der Waals surface area contributed by atoms with Gasteiger partial charge in [-0.15, -0.1) is 0 Å². The molecule has 1 N–H and O–H groups in total. The molecular weight excluding hydrogens is 394 g/mol. The lowest BCUT2D eigenvalue weighted by Crippen LogP contribution is -2.31. The Hall–Kier alpha value is -3.61. The largest absolute Gasteiger partial charge is 0.497 e. The average Bonchev–Trinajstić information content (AvgIpc) is 3.26. The lowest BCUT2D eigenvalue weighted by atomic mass is 10.1. The molecule has 0 fully saturated rings. The molecule has 0 spiro atoms. The average molecular weight is 421 g/mol. The van der Waals surface area contributed by atoms with E-state index in [2.05, 4.69) is 10.5 Å². The topological polar surface area (TPSA) is 84.7 Å². The number of aromatic nitrogens is 1. The van der Waals surface area contributed by atoms with E-state index in [1.54, 1.807) is 42.3 Å². The van der Waals surface area contributed by atoms with Gasteiger partial charge in [-0.2, -0.15) is 0 Å². The summed E-state index contributed by atoms with van der Waals surface area (Å²) < 4.78 is 10.5. The lowest BCUT2D eigenvalue weighted by Gasteiger charge is -2.21. The number of amides is 2. The van der Waals surface area contributed by atoms with E-state index in [-0.39, 0.29) is 24.1 Å². The van der Waals surface area contributed by atoms with Crippen LogP contribution < -0.4 is 10.1 Å². The quantitative estimate of drug-likeness (QED) is 0.565. The first-order valence-electron chi connectivity index (χ1n) is 10.2. The minimum absolute atomic E-state index is 0.137. The fourth-order valence-electron chi connectivity index (χ4n) is 3.12. The third kappa shape index (κ3) is 5.94. The van der Waals surface area contributed by atoms with Crippen LogP contribution in [0.25, 0.3) is 0 Å². The van der Waals surface area contributed by atoms with Crippen LogP contribution in [0, 0.1) is 6.92 Å². The summed E-state index contributed by atoms with van der Waals surface area (Å²) in [6.07, 6.45) is 0.785. The highest BCUT2D eigenvalue weighted by atomic mass is 16.5. The highest BCUT2D eigenvalue weighted by Gasteiger charge is 2.20. The Morgan fingerprint density at radius 2 is 1.90 bits per heavy atom. The van der Waals surface area contributed by atoms with Crippen LogP contribution in [-0.2, 0) is 13.1 Å². The van der Waals surface area contributed by atoms with Gasteiger partial charge in [0.15, 0.2) is 11.5 Å². The number of carbonyl (C=O) groups is 2. The van der Waals surface area contributed by atoms with Crippen molar-refractivity contribution in [3.63, 3.8) is 0 Å². The van der Waals surface area contributed by atoms with Crippen LogP contribution in [-0.4, -0.2) is 35.5 Å². The van der Waals surface area contributed by atoms with Gasteiger partial charge in [0.25, 0.3) is 11.8 Å². The second-order valence-corrected chi connectivity index (χ2v) is 7.31. The van der Waals surface area contributed by atoms with Gasteiger partial charge in [-0.25, -0.2) is 0 Å². The molecule has 0 atom stereocenters. The molecule has 31 heavy (non-hydrogen) atoms. The summed E-state index contributed by atoms with van der Waals surface area (Å²) >= 11 is 0. The van der Waals surface area contributed by atoms with Gasteiger partial charge in [0, 0.05) is 24.7 Å². The molecule has 0 saturated carbocycles. The number of nitrogens with one attached hydrogen (secondary N) is 1. The van der Waals surface area contributed by atoms with Crippen molar-refractivity contribution in [2.45, 2.75) is 33.4 Å². The SMILES string of the molecule is CCCN(Cc1cc(C(=O)NCc2ccc(C)cc2)no1)C(=O)c1cccc(OC)c1. The van der Waals surface area contributed by atoms with Crippen LogP contribution >= 0.6 is 0 Å². The highest BCUT2D eigenvalue weighted by Crippen LogP contribution is 2.17. The number of rotatable bonds is 9. The summed E-state index contributed by atoms with van der Waals surface area (Å²) in [6.45, 7) is 5.18. The maximum Gasteiger partial charge on any atom is 0.273 e. The fraction of sp³-hybridized carbons (Fsp3) is 0.292. The van der Waals surface area contributed by atoms with E-state index in [0.717, 1.165) is 17.5 Å². The van der Waals surface area contributed by atoms with Gasteiger partial charge in [-0.1, -0.05) is 48.0 Å². The number of carbonyl (C=O) groups excluding carboxylic acids is 2. The zero-order valence-corrected chi connectivity index (χ0v) is 18.1. The van der Waals surface area contributed by atoms with Gasteiger partial charge >= 0.3 is 0 Å². The van der Waals surface area contributed by atoms with E-state index < -0.39 is 0 Å². The van der Waals surface area contributed by atoms with Gasteiger partial charge in [0.05, 0.1) is 13.7 Å². The number of methoxy groups -OCH3 is 1. The van der Waals surface area contributed by atoms with Gasteiger partial charge < -0.3 is 19.5 Å². The van der Waals surface area contributed by atoms with Crippen molar-refractivity contribution in [3.8, 4) is 5.75 Å². The van der Waals surface area contributed by atoms with Gasteiger partial charge in [0.1, 0.15) is 5.75 Å². The Morgan fingerprint density at radius 1 is 1.13 bits per heavy atom. The van der Waals surface area contributed by atoms with Crippen molar-refractivity contribution >= 4 is 11.8 Å². The number of aryl methyl sites for hydroxylation is 1. The third-order valence-corrected chi connectivity index (χ3v) is 4.81. The maximum atomic E-state index is 13.0. The number of benzene rings is 2. The van der Waals surface area contributed by atoms with Crippen molar-refractivity contribution < 1.29 is 18.8 Å². The fourth-order valence-corrected chi connectivity index (χ4v) is 3.12. The Morgan fingerprint density at radius 3 is 2.61 bits per heavy atom. The molecule has 3 rings (SSSR count). The predicted octanol–water partition coefficient (Wildman–Crippen LogP) is 3.97. The van der Waals surface area contributed by atoms with Crippen LogP contribution in [0.4, 0.5) is 0 Å². The minimum atomic E-state index is -0.322. The van der Waals surface area contributed by atoms with Crippen LogP contribution in [0.5, 0.6) is 5.75 Å². The second kappa shape index (κ2) is 10.4. The standard InChI is InChI=1S/C24H27N3O4/c1-4-12-27(24(29)19-6-5-7-20(13-19)30-3)16-21-14-22(26-31-21)23(28)25-15-18-10-8-17(2)9-11-18/h5-11,13-14H,4,12,15-16H2,1-3H3,(H,25,28). The molecule has 3 aromatic rings. The predicted molar refractivity (Wildman–Crippen MR) is 117 cm³/mol. The highest BCUT2D eigenvalue weighted by molar-refractivity contribution is 5.94. The minimum Gasteiger partial charge on any atom is -0.497 e. The number of hydrogen-bond acceptors (Lipinski definition) is 5. The first-order chi connectivity index (χ1) is 15.0. The van der Waals surface area contributed by atoms with Crippen LogP contribution in [0.1, 0.15) is 51.1 Å². The van der Waals surface area contributed by atoms with E-state index in [9.17, 15) is 9.59 Å². The molecule has 0 bridgehead atoms. The summed E-state index contributed by atoms with van der Waals surface area (Å²) in [5.41, 5.74) is 2.88.